The molecular formula is C24H26Cl2N4O2S. The number of pyridine rings is 1. The SMILES string of the molecule is COc1cc(OC)c(Cl)c(-c2cc3cnc(SC)nc3c(N3CC4(CCCCC4)C3)n2)c1Cl. The van der Waals surface area contributed by atoms with E-state index < -0.39 is 0 Å². The van der Waals surface area contributed by atoms with Gasteiger partial charge < -0.3 is 14.4 Å². The maximum absolute atomic E-state index is 6.72. The Morgan fingerprint density at radius 3 is 2.24 bits per heavy atom. The number of benzene rings is 1. The summed E-state index contributed by atoms with van der Waals surface area (Å²) in [4.78, 5) is 16.7. The van der Waals surface area contributed by atoms with E-state index in [1.54, 1.807) is 20.3 Å². The van der Waals surface area contributed by atoms with Crippen molar-refractivity contribution in [3.63, 3.8) is 0 Å². The number of methoxy groups -OCH3 is 2. The summed E-state index contributed by atoms with van der Waals surface area (Å²) in [5.74, 6) is 1.82. The number of thioether (sulfide) groups is 1. The van der Waals surface area contributed by atoms with Gasteiger partial charge in [0.05, 0.1) is 30.0 Å². The van der Waals surface area contributed by atoms with Crippen LogP contribution in [0.2, 0.25) is 10.0 Å². The lowest BCUT2D eigenvalue weighted by Crippen LogP contribution is -2.57. The van der Waals surface area contributed by atoms with Crippen molar-refractivity contribution in [3.05, 3.63) is 28.4 Å². The number of anilines is 1. The van der Waals surface area contributed by atoms with Gasteiger partial charge in [0, 0.05) is 41.7 Å². The second-order valence-corrected chi connectivity index (χ2v) is 10.4. The molecule has 3 heterocycles. The number of hydrogen-bond donors (Lipinski definition) is 0. The summed E-state index contributed by atoms with van der Waals surface area (Å²) in [5, 5.41) is 2.42. The van der Waals surface area contributed by atoms with Crippen LogP contribution >= 0.6 is 35.0 Å². The molecule has 2 aromatic heterocycles. The Labute approximate surface area is 208 Å². The first-order valence-electron chi connectivity index (χ1n) is 11.1. The number of nitrogens with zero attached hydrogens (tertiary/aromatic N) is 4. The Morgan fingerprint density at radius 1 is 0.970 bits per heavy atom. The van der Waals surface area contributed by atoms with Crippen molar-refractivity contribution >= 4 is 51.7 Å². The zero-order valence-electron chi connectivity index (χ0n) is 19.0. The topological polar surface area (TPSA) is 60.4 Å². The number of hydrogen-bond acceptors (Lipinski definition) is 7. The van der Waals surface area contributed by atoms with Gasteiger partial charge in [-0.2, -0.15) is 0 Å². The Bertz CT molecular complexity index is 1180. The molecular weight excluding hydrogens is 479 g/mol. The average Bonchev–Trinajstić information content (AvgIpc) is 2.82. The molecule has 1 aliphatic carbocycles. The van der Waals surface area contributed by atoms with Crippen LogP contribution in [0, 0.1) is 5.41 Å². The molecule has 2 fully saturated rings. The van der Waals surface area contributed by atoms with Gasteiger partial charge in [-0.25, -0.2) is 15.0 Å². The summed E-state index contributed by atoms with van der Waals surface area (Å²) >= 11 is 15.0. The van der Waals surface area contributed by atoms with Gasteiger partial charge in [0.15, 0.2) is 11.0 Å². The molecule has 0 unspecified atom stereocenters. The monoisotopic (exact) mass is 504 g/mol. The van der Waals surface area contributed by atoms with Crippen molar-refractivity contribution in [2.24, 2.45) is 5.41 Å². The Kier molecular flexibility index (Phi) is 6.23. The highest BCUT2D eigenvalue weighted by Gasteiger charge is 2.44. The van der Waals surface area contributed by atoms with E-state index in [4.69, 9.17) is 42.6 Å². The molecule has 0 atom stereocenters. The minimum Gasteiger partial charge on any atom is -0.495 e. The molecule has 5 rings (SSSR count). The Hall–Kier alpha value is -1.96. The highest BCUT2D eigenvalue weighted by atomic mass is 35.5. The smallest absolute Gasteiger partial charge is 0.187 e. The fourth-order valence-electron chi connectivity index (χ4n) is 5.09. The number of aromatic nitrogens is 3. The lowest BCUT2D eigenvalue weighted by atomic mass is 9.68. The van der Waals surface area contributed by atoms with Crippen LogP contribution in [0.3, 0.4) is 0 Å². The van der Waals surface area contributed by atoms with Gasteiger partial charge in [0.2, 0.25) is 0 Å². The van der Waals surface area contributed by atoms with Crippen molar-refractivity contribution in [3.8, 4) is 22.8 Å². The molecule has 1 saturated carbocycles. The van der Waals surface area contributed by atoms with Crippen molar-refractivity contribution in [2.75, 3.05) is 38.5 Å². The molecule has 1 saturated heterocycles. The van der Waals surface area contributed by atoms with E-state index >= 15 is 0 Å². The van der Waals surface area contributed by atoms with Gasteiger partial charge in [0.1, 0.15) is 17.0 Å². The maximum Gasteiger partial charge on any atom is 0.187 e. The van der Waals surface area contributed by atoms with Crippen molar-refractivity contribution in [1.82, 2.24) is 15.0 Å². The van der Waals surface area contributed by atoms with Gasteiger partial charge >= 0.3 is 0 Å². The first-order valence-corrected chi connectivity index (χ1v) is 13.0. The fraction of sp³-hybridized carbons (Fsp3) is 0.458. The quantitative estimate of drug-likeness (QED) is 0.289. The van der Waals surface area contributed by atoms with E-state index in [2.05, 4.69) is 9.88 Å². The second-order valence-electron chi connectivity index (χ2n) is 8.83. The summed E-state index contributed by atoms with van der Waals surface area (Å²) < 4.78 is 10.9. The van der Waals surface area contributed by atoms with E-state index in [1.165, 1.54) is 43.9 Å². The summed E-state index contributed by atoms with van der Waals surface area (Å²) in [6.07, 6.45) is 10.4. The zero-order chi connectivity index (χ0) is 23.2. The van der Waals surface area contributed by atoms with Gasteiger partial charge in [0.25, 0.3) is 0 Å². The third kappa shape index (κ3) is 3.98. The predicted molar refractivity (Wildman–Crippen MR) is 135 cm³/mol. The normalized spacial score (nSPS) is 17.3. The van der Waals surface area contributed by atoms with Crippen LogP contribution in [0.1, 0.15) is 32.1 Å². The molecule has 33 heavy (non-hydrogen) atoms. The molecule has 174 valence electrons. The average molecular weight is 505 g/mol. The van der Waals surface area contributed by atoms with E-state index in [0.29, 0.717) is 38.2 Å². The fourth-order valence-corrected chi connectivity index (χ4v) is 6.13. The largest absolute Gasteiger partial charge is 0.495 e. The van der Waals surface area contributed by atoms with Crippen LogP contribution in [-0.4, -0.2) is 48.5 Å². The molecule has 1 aromatic carbocycles. The first-order chi connectivity index (χ1) is 16.0. The number of fused-ring (bicyclic) bond motifs is 1. The van der Waals surface area contributed by atoms with Crippen LogP contribution in [-0.2, 0) is 0 Å². The van der Waals surface area contributed by atoms with Crippen molar-refractivity contribution in [2.45, 2.75) is 37.3 Å². The third-order valence-electron chi connectivity index (χ3n) is 6.80. The minimum absolute atomic E-state index is 0.398. The predicted octanol–water partition coefficient (Wildman–Crippen LogP) is 6.51. The number of rotatable bonds is 5. The third-order valence-corrected chi connectivity index (χ3v) is 8.12. The lowest BCUT2D eigenvalue weighted by molar-refractivity contribution is 0.139. The van der Waals surface area contributed by atoms with E-state index in [9.17, 15) is 0 Å². The molecule has 0 N–H and O–H groups in total. The minimum atomic E-state index is 0.398. The number of halogens is 2. The molecule has 3 aromatic rings. The maximum atomic E-state index is 6.72. The molecule has 0 radical (unpaired) electrons. The molecule has 0 bridgehead atoms. The number of ether oxygens (including phenoxy) is 2. The van der Waals surface area contributed by atoms with Gasteiger partial charge in [-0.3, -0.25) is 0 Å². The van der Waals surface area contributed by atoms with Crippen LogP contribution in [0.5, 0.6) is 11.5 Å². The Balaban J connectivity index is 1.66. The summed E-state index contributed by atoms with van der Waals surface area (Å²) in [6, 6.07) is 3.62. The van der Waals surface area contributed by atoms with Gasteiger partial charge in [-0.1, -0.05) is 54.2 Å². The van der Waals surface area contributed by atoms with Crippen LogP contribution in [0.25, 0.3) is 22.2 Å². The molecule has 1 spiro atoms. The highest BCUT2D eigenvalue weighted by molar-refractivity contribution is 7.98. The Morgan fingerprint density at radius 2 is 1.64 bits per heavy atom. The molecule has 1 aliphatic heterocycles. The molecule has 6 nitrogen and oxygen atoms in total. The zero-order valence-corrected chi connectivity index (χ0v) is 21.3. The summed E-state index contributed by atoms with van der Waals surface area (Å²) in [6.45, 7) is 2.00. The van der Waals surface area contributed by atoms with Crippen LogP contribution < -0.4 is 14.4 Å². The lowest BCUT2D eigenvalue weighted by Gasteiger charge is -2.53. The molecule has 9 heteroatoms. The summed E-state index contributed by atoms with van der Waals surface area (Å²) in [7, 11) is 3.14. The van der Waals surface area contributed by atoms with Crippen molar-refractivity contribution < 1.29 is 9.47 Å². The van der Waals surface area contributed by atoms with E-state index in [-0.39, 0.29) is 0 Å². The van der Waals surface area contributed by atoms with Crippen LogP contribution in [0.4, 0.5) is 5.82 Å². The van der Waals surface area contributed by atoms with E-state index in [1.807, 2.05) is 18.5 Å². The van der Waals surface area contributed by atoms with Gasteiger partial charge in [-0.15, -0.1) is 0 Å². The van der Waals surface area contributed by atoms with Crippen LogP contribution in [0.15, 0.2) is 23.5 Å². The van der Waals surface area contributed by atoms with E-state index in [0.717, 1.165) is 35.0 Å². The highest BCUT2D eigenvalue weighted by Crippen LogP contribution is 2.49. The standard InChI is InChI=1S/C24H26Cl2N4O2S/c1-31-16-10-17(32-2)20(26)18(19(16)25)15-9-14-11-27-23(33-3)29-21(14)22(28-15)30-12-24(13-30)7-5-4-6-8-24/h9-11H,4-8,12-13H2,1-3H3. The van der Waals surface area contributed by atoms with Crippen molar-refractivity contribution in [1.29, 1.82) is 0 Å². The molecule has 2 aliphatic rings. The first kappa shape index (κ1) is 22.8. The second kappa shape index (κ2) is 9.01. The summed E-state index contributed by atoms with van der Waals surface area (Å²) in [5.41, 5.74) is 2.49. The van der Waals surface area contributed by atoms with Gasteiger partial charge in [-0.05, 0) is 25.2 Å². The molecule has 0 amide bonds.